The fourth-order valence-electron chi connectivity index (χ4n) is 2.55. The molecule has 1 saturated heterocycles. The van der Waals surface area contributed by atoms with Gasteiger partial charge in [-0.25, -0.2) is 4.79 Å². The van der Waals surface area contributed by atoms with E-state index in [9.17, 15) is 9.59 Å². The fraction of sp³-hybridized carbons (Fsp3) is 0.846. The highest BCUT2D eigenvalue weighted by molar-refractivity contribution is 5.86. The molecule has 0 radical (unpaired) electrons. The van der Waals surface area contributed by atoms with E-state index in [0.717, 1.165) is 19.3 Å². The molecular formula is C13H25N3O3. The van der Waals surface area contributed by atoms with Crippen molar-refractivity contribution in [1.29, 1.82) is 0 Å². The smallest absolute Gasteiger partial charge is 0.312 e. The Labute approximate surface area is 114 Å². The van der Waals surface area contributed by atoms with E-state index >= 15 is 0 Å². The van der Waals surface area contributed by atoms with Crippen molar-refractivity contribution in [3.8, 4) is 0 Å². The molecule has 110 valence electrons. The zero-order valence-electron chi connectivity index (χ0n) is 11.8. The molecule has 0 spiro atoms. The van der Waals surface area contributed by atoms with Gasteiger partial charge >= 0.3 is 6.03 Å². The second-order valence-electron chi connectivity index (χ2n) is 5.54. The van der Waals surface area contributed by atoms with Crippen LogP contribution in [-0.2, 0) is 4.79 Å². The predicted molar refractivity (Wildman–Crippen MR) is 72.4 cm³/mol. The van der Waals surface area contributed by atoms with Crippen molar-refractivity contribution in [2.24, 2.45) is 17.6 Å². The number of carbonyl (C=O) groups excluding carboxylic acids is 2. The Balaban J connectivity index is 2.65. The summed E-state index contributed by atoms with van der Waals surface area (Å²) in [5, 5.41) is 11.5. The van der Waals surface area contributed by atoms with E-state index in [1.165, 1.54) is 0 Å². The molecule has 1 rings (SSSR count). The number of hydrogen-bond acceptors (Lipinski definition) is 3. The third-order valence-corrected chi connectivity index (χ3v) is 3.60. The van der Waals surface area contributed by atoms with Crippen LogP contribution < -0.4 is 11.1 Å². The zero-order valence-corrected chi connectivity index (χ0v) is 11.8. The molecule has 0 bridgehead atoms. The van der Waals surface area contributed by atoms with Crippen molar-refractivity contribution in [3.63, 3.8) is 0 Å². The number of nitrogens with one attached hydrogen (secondary N) is 1. The zero-order chi connectivity index (χ0) is 14.4. The molecule has 0 aromatic rings. The van der Waals surface area contributed by atoms with Crippen LogP contribution in [0.15, 0.2) is 0 Å². The van der Waals surface area contributed by atoms with Crippen LogP contribution in [-0.4, -0.2) is 47.7 Å². The van der Waals surface area contributed by atoms with Crippen LogP contribution in [0.3, 0.4) is 0 Å². The lowest BCUT2D eigenvalue weighted by atomic mass is 9.93. The van der Waals surface area contributed by atoms with Crippen molar-refractivity contribution in [1.82, 2.24) is 10.2 Å². The van der Waals surface area contributed by atoms with Gasteiger partial charge in [-0.3, -0.25) is 4.79 Å². The summed E-state index contributed by atoms with van der Waals surface area (Å²) >= 11 is 0. The maximum absolute atomic E-state index is 12.4. The molecule has 1 aliphatic rings. The summed E-state index contributed by atoms with van der Waals surface area (Å²) in [5.41, 5.74) is 5.12. The van der Waals surface area contributed by atoms with Gasteiger partial charge in [0.25, 0.3) is 0 Å². The van der Waals surface area contributed by atoms with E-state index in [0.29, 0.717) is 19.0 Å². The first-order chi connectivity index (χ1) is 8.95. The van der Waals surface area contributed by atoms with Gasteiger partial charge in [0.2, 0.25) is 5.91 Å². The number of likely N-dealkylation sites (tertiary alicyclic amines) is 1. The molecule has 1 aliphatic heterocycles. The van der Waals surface area contributed by atoms with Gasteiger partial charge in [-0.1, -0.05) is 13.8 Å². The normalized spacial score (nSPS) is 21.3. The number of nitrogens with two attached hydrogens (primary N) is 1. The summed E-state index contributed by atoms with van der Waals surface area (Å²) < 4.78 is 0. The van der Waals surface area contributed by atoms with Crippen molar-refractivity contribution in [2.75, 3.05) is 19.7 Å². The van der Waals surface area contributed by atoms with Crippen LogP contribution in [0.25, 0.3) is 0 Å². The maximum Gasteiger partial charge on any atom is 0.312 e. The van der Waals surface area contributed by atoms with Crippen molar-refractivity contribution in [3.05, 3.63) is 0 Å². The maximum atomic E-state index is 12.4. The SMILES string of the molecule is CC(C)C(NC(N)=O)C(=O)N1CCCC(CCO)C1. The number of aliphatic hydroxyl groups is 1. The van der Waals surface area contributed by atoms with Gasteiger partial charge in [0, 0.05) is 19.7 Å². The molecule has 0 aromatic carbocycles. The van der Waals surface area contributed by atoms with Gasteiger partial charge in [-0.2, -0.15) is 0 Å². The first kappa shape index (κ1) is 15.8. The average molecular weight is 271 g/mol. The molecule has 1 fully saturated rings. The molecule has 3 amide bonds. The van der Waals surface area contributed by atoms with E-state index in [-0.39, 0.29) is 18.4 Å². The Hall–Kier alpha value is -1.30. The summed E-state index contributed by atoms with van der Waals surface area (Å²) in [5.74, 6) is 0.277. The highest BCUT2D eigenvalue weighted by atomic mass is 16.3. The topological polar surface area (TPSA) is 95.7 Å². The van der Waals surface area contributed by atoms with E-state index < -0.39 is 12.1 Å². The number of carbonyl (C=O) groups is 2. The Morgan fingerprint density at radius 1 is 1.47 bits per heavy atom. The van der Waals surface area contributed by atoms with E-state index in [1.54, 1.807) is 4.90 Å². The van der Waals surface area contributed by atoms with Gasteiger partial charge in [0.1, 0.15) is 6.04 Å². The number of primary amides is 1. The van der Waals surface area contributed by atoms with Crippen molar-refractivity contribution < 1.29 is 14.7 Å². The number of hydrogen-bond donors (Lipinski definition) is 3. The first-order valence-corrected chi connectivity index (χ1v) is 6.91. The van der Waals surface area contributed by atoms with Crippen LogP contribution in [0.2, 0.25) is 0 Å². The van der Waals surface area contributed by atoms with Crippen LogP contribution in [0, 0.1) is 11.8 Å². The molecule has 4 N–H and O–H groups in total. The highest BCUT2D eigenvalue weighted by Crippen LogP contribution is 2.20. The second-order valence-corrected chi connectivity index (χ2v) is 5.54. The summed E-state index contributed by atoms with van der Waals surface area (Å²) in [6, 6.07) is -1.23. The second kappa shape index (κ2) is 7.33. The van der Waals surface area contributed by atoms with Gasteiger partial charge in [0.15, 0.2) is 0 Å². The molecular weight excluding hydrogens is 246 g/mol. The monoisotopic (exact) mass is 271 g/mol. The Bertz CT molecular complexity index is 318. The molecule has 6 nitrogen and oxygen atoms in total. The van der Waals surface area contributed by atoms with Crippen LogP contribution in [0.5, 0.6) is 0 Å². The lowest BCUT2D eigenvalue weighted by molar-refractivity contribution is -0.136. The molecule has 1 heterocycles. The predicted octanol–water partition coefficient (Wildman–Crippen LogP) is 0.300. The molecule has 0 aliphatic carbocycles. The molecule has 0 saturated carbocycles. The summed E-state index contributed by atoms with van der Waals surface area (Å²) in [7, 11) is 0. The Morgan fingerprint density at radius 2 is 2.16 bits per heavy atom. The third kappa shape index (κ3) is 4.70. The third-order valence-electron chi connectivity index (χ3n) is 3.60. The minimum Gasteiger partial charge on any atom is -0.396 e. The summed E-state index contributed by atoms with van der Waals surface area (Å²) in [6.07, 6.45) is 2.71. The largest absolute Gasteiger partial charge is 0.396 e. The van der Waals surface area contributed by atoms with E-state index in [4.69, 9.17) is 10.8 Å². The van der Waals surface area contributed by atoms with Crippen LogP contribution in [0.4, 0.5) is 4.79 Å². The number of piperidine rings is 1. The van der Waals surface area contributed by atoms with Crippen LogP contribution >= 0.6 is 0 Å². The summed E-state index contributed by atoms with van der Waals surface area (Å²) in [6.45, 7) is 5.29. The average Bonchev–Trinajstić information content (AvgIpc) is 2.35. The van der Waals surface area contributed by atoms with E-state index in [1.807, 2.05) is 13.8 Å². The minimum absolute atomic E-state index is 0.00165. The minimum atomic E-state index is -0.670. The highest BCUT2D eigenvalue weighted by Gasteiger charge is 2.31. The number of aliphatic hydroxyl groups excluding tert-OH is 1. The van der Waals surface area contributed by atoms with Crippen molar-refractivity contribution >= 4 is 11.9 Å². The Kier molecular flexibility index (Phi) is 6.08. The summed E-state index contributed by atoms with van der Waals surface area (Å²) in [4.78, 5) is 25.2. The van der Waals surface area contributed by atoms with Gasteiger partial charge in [0.05, 0.1) is 0 Å². The molecule has 19 heavy (non-hydrogen) atoms. The fourth-order valence-corrected chi connectivity index (χ4v) is 2.55. The number of rotatable bonds is 5. The molecule has 2 atom stereocenters. The van der Waals surface area contributed by atoms with Gasteiger partial charge in [-0.15, -0.1) is 0 Å². The number of amides is 3. The van der Waals surface area contributed by atoms with Crippen LogP contribution in [0.1, 0.15) is 33.1 Å². The van der Waals surface area contributed by atoms with E-state index in [2.05, 4.69) is 5.32 Å². The Morgan fingerprint density at radius 3 is 2.68 bits per heavy atom. The quantitative estimate of drug-likeness (QED) is 0.671. The number of nitrogens with zero attached hydrogens (tertiary/aromatic N) is 1. The molecule has 2 unspecified atom stereocenters. The molecule has 0 aromatic heterocycles. The van der Waals surface area contributed by atoms with Crippen molar-refractivity contribution in [2.45, 2.75) is 39.2 Å². The standard InChI is InChI=1S/C13H25N3O3/c1-9(2)11(15-13(14)19)12(18)16-6-3-4-10(8-16)5-7-17/h9-11,17H,3-8H2,1-2H3,(H3,14,15,19). The molecule has 6 heteroatoms. The lowest BCUT2D eigenvalue weighted by Gasteiger charge is -2.35. The van der Waals surface area contributed by atoms with Gasteiger partial charge < -0.3 is 21.1 Å². The first-order valence-electron chi connectivity index (χ1n) is 6.91. The lowest BCUT2D eigenvalue weighted by Crippen LogP contribution is -2.54. The van der Waals surface area contributed by atoms with Gasteiger partial charge in [-0.05, 0) is 31.1 Å². The number of urea groups is 1.